The van der Waals surface area contributed by atoms with Crippen LogP contribution in [0, 0.1) is 0 Å². The quantitative estimate of drug-likeness (QED) is 0.539. The maximum absolute atomic E-state index is 13.3. The molecule has 0 atom stereocenters. The summed E-state index contributed by atoms with van der Waals surface area (Å²) in [5, 5.41) is 0.811. The van der Waals surface area contributed by atoms with E-state index in [4.69, 9.17) is 23.2 Å². The highest BCUT2D eigenvalue weighted by molar-refractivity contribution is 6.41. The molecule has 4 nitrogen and oxygen atoms in total. The van der Waals surface area contributed by atoms with Gasteiger partial charge in [-0.05, 0) is 36.6 Å². The molecule has 0 N–H and O–H groups in total. The molecule has 0 spiro atoms. The second kappa shape index (κ2) is 7.46. The number of rotatable bonds is 4. The Labute approximate surface area is 173 Å². The molecular weight excluding hydrogens is 395 g/mol. The Morgan fingerprint density at radius 2 is 1.86 bits per heavy atom. The van der Waals surface area contributed by atoms with Gasteiger partial charge in [-0.1, -0.05) is 53.5 Å². The molecule has 4 rings (SSSR count). The molecule has 2 aromatic carbocycles. The van der Waals surface area contributed by atoms with Crippen LogP contribution in [0.4, 0.5) is 5.69 Å². The summed E-state index contributed by atoms with van der Waals surface area (Å²) in [7, 11) is 0. The van der Waals surface area contributed by atoms with Crippen molar-refractivity contribution in [1.29, 1.82) is 0 Å². The molecule has 0 saturated carbocycles. The van der Waals surface area contributed by atoms with Gasteiger partial charge in [-0.3, -0.25) is 14.5 Å². The number of benzene rings is 2. The number of halogens is 2. The SMILES string of the molecule is C=CCN1C(=O)C(c2ccc(Cl)cc2Cl)=C(N2CCCc3ccccc32)C1=O. The van der Waals surface area contributed by atoms with E-state index in [1.54, 1.807) is 24.3 Å². The number of para-hydroxylation sites is 1. The molecular formula is C22H18Cl2N2O2. The lowest BCUT2D eigenvalue weighted by atomic mass is 9.98. The van der Waals surface area contributed by atoms with Crippen LogP contribution in [-0.2, 0) is 16.0 Å². The van der Waals surface area contributed by atoms with Crippen molar-refractivity contribution >= 4 is 46.3 Å². The molecule has 2 aromatic rings. The highest BCUT2D eigenvalue weighted by Gasteiger charge is 2.42. The van der Waals surface area contributed by atoms with Crippen LogP contribution < -0.4 is 4.90 Å². The number of carbonyl (C=O) groups excluding carboxylic acids is 2. The van der Waals surface area contributed by atoms with Crippen LogP contribution in [0.5, 0.6) is 0 Å². The Bertz CT molecular complexity index is 1030. The van der Waals surface area contributed by atoms with Gasteiger partial charge in [0.25, 0.3) is 11.8 Å². The number of amides is 2. The van der Waals surface area contributed by atoms with Gasteiger partial charge in [0.05, 0.1) is 10.6 Å². The molecule has 2 heterocycles. The number of hydrogen-bond acceptors (Lipinski definition) is 3. The first kappa shape index (κ1) is 18.8. The number of anilines is 1. The van der Waals surface area contributed by atoms with E-state index < -0.39 is 0 Å². The molecule has 142 valence electrons. The Morgan fingerprint density at radius 3 is 2.61 bits per heavy atom. The zero-order valence-corrected chi connectivity index (χ0v) is 16.6. The van der Waals surface area contributed by atoms with Crippen LogP contribution in [0.3, 0.4) is 0 Å². The van der Waals surface area contributed by atoms with Gasteiger partial charge in [0, 0.05) is 29.4 Å². The number of hydrogen-bond donors (Lipinski definition) is 0. The zero-order valence-electron chi connectivity index (χ0n) is 15.1. The summed E-state index contributed by atoms with van der Waals surface area (Å²) in [5.74, 6) is -0.699. The third-order valence-corrected chi connectivity index (χ3v) is 5.58. The van der Waals surface area contributed by atoms with Crippen molar-refractivity contribution in [2.45, 2.75) is 12.8 Å². The fourth-order valence-electron chi connectivity index (χ4n) is 3.81. The van der Waals surface area contributed by atoms with Crippen LogP contribution in [0.1, 0.15) is 17.5 Å². The molecule has 0 saturated heterocycles. The van der Waals surface area contributed by atoms with Crippen molar-refractivity contribution in [3.63, 3.8) is 0 Å². The van der Waals surface area contributed by atoms with Gasteiger partial charge in [0.15, 0.2) is 0 Å². The Morgan fingerprint density at radius 1 is 1.07 bits per heavy atom. The van der Waals surface area contributed by atoms with E-state index >= 15 is 0 Å². The second-order valence-corrected chi connectivity index (χ2v) is 7.58. The highest BCUT2D eigenvalue weighted by Crippen LogP contribution is 2.40. The van der Waals surface area contributed by atoms with Gasteiger partial charge in [0.1, 0.15) is 5.70 Å². The first-order chi connectivity index (χ1) is 13.5. The van der Waals surface area contributed by atoms with Crippen molar-refractivity contribution in [2.75, 3.05) is 18.0 Å². The number of carbonyl (C=O) groups is 2. The van der Waals surface area contributed by atoms with Crippen LogP contribution >= 0.6 is 23.2 Å². The molecule has 0 bridgehead atoms. The lowest BCUT2D eigenvalue weighted by molar-refractivity contribution is -0.136. The maximum atomic E-state index is 13.3. The minimum Gasteiger partial charge on any atom is -0.336 e. The molecule has 6 heteroatoms. The summed E-state index contributed by atoms with van der Waals surface area (Å²) in [6, 6.07) is 12.9. The monoisotopic (exact) mass is 412 g/mol. The van der Waals surface area contributed by atoms with E-state index in [1.807, 2.05) is 23.1 Å². The van der Waals surface area contributed by atoms with Gasteiger partial charge in [-0.25, -0.2) is 0 Å². The van der Waals surface area contributed by atoms with Crippen molar-refractivity contribution in [1.82, 2.24) is 4.90 Å². The van der Waals surface area contributed by atoms with Crippen molar-refractivity contribution in [3.8, 4) is 0 Å². The van der Waals surface area contributed by atoms with Crippen LogP contribution in [0.25, 0.3) is 5.57 Å². The first-order valence-electron chi connectivity index (χ1n) is 9.05. The van der Waals surface area contributed by atoms with Crippen molar-refractivity contribution in [3.05, 3.63) is 82.0 Å². The Kier molecular flexibility index (Phi) is 5.00. The average Bonchev–Trinajstić information content (AvgIpc) is 2.92. The van der Waals surface area contributed by atoms with Gasteiger partial charge in [-0.2, -0.15) is 0 Å². The average molecular weight is 413 g/mol. The van der Waals surface area contributed by atoms with Crippen LogP contribution in [-0.4, -0.2) is 29.8 Å². The Balaban J connectivity index is 1.94. The summed E-state index contributed by atoms with van der Waals surface area (Å²) in [6.07, 6.45) is 3.38. The molecule has 28 heavy (non-hydrogen) atoms. The van der Waals surface area contributed by atoms with E-state index in [0.717, 1.165) is 24.1 Å². The number of aryl methyl sites for hydroxylation is 1. The van der Waals surface area contributed by atoms with Crippen molar-refractivity contribution < 1.29 is 9.59 Å². The predicted molar refractivity (Wildman–Crippen MR) is 112 cm³/mol. The van der Waals surface area contributed by atoms with E-state index in [1.165, 1.54) is 4.90 Å². The molecule has 2 amide bonds. The first-order valence-corrected chi connectivity index (χ1v) is 9.80. The molecule has 0 aliphatic carbocycles. The van der Waals surface area contributed by atoms with E-state index in [-0.39, 0.29) is 18.4 Å². The van der Waals surface area contributed by atoms with Crippen molar-refractivity contribution in [2.24, 2.45) is 0 Å². The predicted octanol–water partition coefficient (Wildman–Crippen LogP) is 4.71. The lowest BCUT2D eigenvalue weighted by Crippen LogP contribution is -2.37. The van der Waals surface area contributed by atoms with E-state index in [2.05, 4.69) is 12.6 Å². The van der Waals surface area contributed by atoms with Gasteiger partial charge in [0.2, 0.25) is 0 Å². The highest BCUT2D eigenvalue weighted by atomic mass is 35.5. The normalized spacial score (nSPS) is 16.6. The fourth-order valence-corrected chi connectivity index (χ4v) is 4.31. The minimum absolute atomic E-state index is 0.144. The summed E-state index contributed by atoms with van der Waals surface area (Å²) in [4.78, 5) is 29.6. The standard InChI is InChI=1S/C22H18Cl2N2O2/c1-2-11-26-21(27)19(16-10-9-15(23)13-17(16)24)20(22(26)28)25-12-5-7-14-6-3-4-8-18(14)25/h2-4,6,8-10,13H,1,5,7,11-12H2. The Hall–Kier alpha value is -2.56. The number of fused-ring (bicyclic) bond motifs is 1. The summed E-state index contributed by atoms with van der Waals surface area (Å²) in [6.45, 7) is 4.47. The number of imide groups is 1. The summed E-state index contributed by atoms with van der Waals surface area (Å²) in [5.41, 5.74) is 3.29. The largest absolute Gasteiger partial charge is 0.336 e. The zero-order chi connectivity index (χ0) is 19.8. The minimum atomic E-state index is -0.368. The van der Waals surface area contributed by atoms with Gasteiger partial charge < -0.3 is 4.90 Å². The molecule has 0 unspecified atom stereocenters. The molecule has 2 aliphatic heterocycles. The van der Waals surface area contributed by atoms with Gasteiger partial charge >= 0.3 is 0 Å². The molecule has 0 fully saturated rings. The smallest absolute Gasteiger partial charge is 0.278 e. The molecule has 2 aliphatic rings. The fraction of sp³-hybridized carbons (Fsp3) is 0.182. The topological polar surface area (TPSA) is 40.6 Å². The number of nitrogens with zero attached hydrogens (tertiary/aromatic N) is 2. The van der Waals surface area contributed by atoms with E-state index in [0.29, 0.717) is 33.4 Å². The van der Waals surface area contributed by atoms with E-state index in [9.17, 15) is 9.59 Å². The third-order valence-electron chi connectivity index (χ3n) is 5.04. The maximum Gasteiger partial charge on any atom is 0.278 e. The summed E-state index contributed by atoms with van der Waals surface area (Å²) < 4.78 is 0. The summed E-state index contributed by atoms with van der Waals surface area (Å²) >= 11 is 12.4. The molecule has 0 radical (unpaired) electrons. The second-order valence-electron chi connectivity index (χ2n) is 6.74. The lowest BCUT2D eigenvalue weighted by Gasteiger charge is -2.32. The molecule has 0 aromatic heterocycles. The third kappa shape index (κ3) is 3.03. The van der Waals surface area contributed by atoms with Gasteiger partial charge in [-0.15, -0.1) is 6.58 Å². The van der Waals surface area contributed by atoms with Crippen LogP contribution in [0.2, 0.25) is 10.0 Å². The van der Waals surface area contributed by atoms with Crippen LogP contribution in [0.15, 0.2) is 60.8 Å².